The molecule has 1 atom stereocenters. The van der Waals surface area contributed by atoms with Gasteiger partial charge in [-0.2, -0.15) is 0 Å². The maximum absolute atomic E-state index is 10.1. The van der Waals surface area contributed by atoms with Crippen LogP contribution in [0.25, 0.3) is 0 Å². The molecule has 0 heterocycles. The Morgan fingerprint density at radius 1 is 0.682 bits per heavy atom. The predicted molar refractivity (Wildman–Crippen MR) is 97.8 cm³/mol. The molecule has 0 saturated heterocycles. The van der Waals surface area contributed by atoms with Crippen molar-refractivity contribution in [2.45, 2.75) is 123 Å². The van der Waals surface area contributed by atoms with Crippen LogP contribution < -0.4 is 5.32 Å². The topological polar surface area (TPSA) is 29.1 Å². The van der Waals surface area contributed by atoms with Crippen molar-refractivity contribution in [1.82, 2.24) is 5.32 Å². The molecule has 1 N–H and O–H groups in total. The summed E-state index contributed by atoms with van der Waals surface area (Å²) in [5, 5.41) is 2.69. The minimum Gasteiger partial charge on any atom is -0.345 e. The van der Waals surface area contributed by atoms with Crippen molar-refractivity contribution >= 4 is 6.41 Å². The molecule has 22 heavy (non-hydrogen) atoms. The number of nitrogens with one attached hydrogen (secondary N) is 1. The van der Waals surface area contributed by atoms with Crippen LogP contribution in [-0.4, -0.2) is 12.5 Å². The molecule has 1 amide bonds. The van der Waals surface area contributed by atoms with Crippen LogP contribution in [0.4, 0.5) is 0 Å². The van der Waals surface area contributed by atoms with Gasteiger partial charge in [-0.1, -0.05) is 103 Å². The molecule has 0 aliphatic rings. The number of hydrogen-bond acceptors (Lipinski definition) is 1. The average Bonchev–Trinajstić information content (AvgIpc) is 2.51. The Balaban J connectivity index is 3.01. The lowest BCUT2D eigenvalue weighted by Gasteiger charge is -2.08. The summed E-state index contributed by atoms with van der Waals surface area (Å²) in [5.41, 5.74) is 0. The molecule has 0 aliphatic carbocycles. The molecule has 0 fully saturated rings. The molecule has 0 aliphatic heterocycles. The molecule has 0 spiro atoms. The zero-order valence-corrected chi connectivity index (χ0v) is 15.3. The zero-order chi connectivity index (χ0) is 16.3. The zero-order valence-electron chi connectivity index (χ0n) is 15.3. The van der Waals surface area contributed by atoms with E-state index in [4.69, 9.17) is 0 Å². The highest BCUT2D eigenvalue weighted by atomic mass is 16.1. The first-order valence-corrected chi connectivity index (χ1v) is 9.94. The van der Waals surface area contributed by atoms with Crippen molar-refractivity contribution in [3.05, 3.63) is 0 Å². The maximum atomic E-state index is 10.1. The molecule has 0 aromatic rings. The monoisotopic (exact) mass is 310 g/mol. The Bertz CT molecular complexity index is 218. The first-order chi connectivity index (χ1) is 10.8. The number of hydrogen-bond donors (Lipinski definition) is 1. The van der Waals surface area contributed by atoms with Gasteiger partial charge in [-0.25, -0.2) is 0 Å². The van der Waals surface area contributed by atoms with E-state index in [1.807, 2.05) is 0 Å². The van der Waals surface area contributed by atoms with Gasteiger partial charge >= 0.3 is 6.41 Å². The molecule has 2 heteroatoms. The van der Waals surface area contributed by atoms with E-state index in [1.165, 1.54) is 96.3 Å². The summed E-state index contributed by atoms with van der Waals surface area (Å²) in [6.07, 6.45) is 23.9. The minimum atomic E-state index is 0.291. The van der Waals surface area contributed by atoms with E-state index in [0.29, 0.717) is 6.04 Å². The first-order valence-electron chi connectivity index (χ1n) is 9.94. The van der Waals surface area contributed by atoms with Gasteiger partial charge in [0.1, 0.15) is 0 Å². The van der Waals surface area contributed by atoms with Gasteiger partial charge in [-0.3, -0.25) is 4.79 Å². The average molecular weight is 311 g/mol. The Morgan fingerprint density at radius 3 is 1.41 bits per heavy atom. The number of amides is 1. The Labute approximate surface area is 139 Å². The lowest BCUT2D eigenvalue weighted by molar-refractivity contribution is 0.492. The number of carbonyl (C=O) groups excluding carboxylic acids is 1. The van der Waals surface area contributed by atoms with Crippen molar-refractivity contribution in [2.75, 3.05) is 0 Å². The fourth-order valence-electron chi connectivity index (χ4n) is 2.99. The molecule has 0 aromatic heterocycles. The fourth-order valence-corrected chi connectivity index (χ4v) is 2.99. The first kappa shape index (κ1) is 21.5. The lowest BCUT2D eigenvalue weighted by Crippen LogP contribution is -2.23. The van der Waals surface area contributed by atoms with E-state index in [1.54, 1.807) is 6.41 Å². The third-order valence-corrected chi connectivity index (χ3v) is 4.55. The smallest absolute Gasteiger partial charge is 0.309 e. The summed E-state index contributed by atoms with van der Waals surface area (Å²) < 4.78 is 0. The van der Waals surface area contributed by atoms with Crippen LogP contribution in [0.15, 0.2) is 0 Å². The van der Waals surface area contributed by atoms with Gasteiger partial charge in [0.2, 0.25) is 0 Å². The normalized spacial score (nSPS) is 12.3. The Hall–Kier alpha value is -0.530. The van der Waals surface area contributed by atoms with Crippen molar-refractivity contribution in [3.8, 4) is 0 Å². The summed E-state index contributed by atoms with van der Waals surface area (Å²) in [5.74, 6) is 0. The molecule has 0 saturated carbocycles. The quantitative estimate of drug-likeness (QED) is 0.234. The molecule has 0 bridgehead atoms. The highest BCUT2D eigenvalue weighted by molar-refractivity contribution is 5.47. The summed E-state index contributed by atoms with van der Waals surface area (Å²) in [4.78, 5) is 10.1. The van der Waals surface area contributed by atoms with Gasteiger partial charge in [0.05, 0.1) is 0 Å². The molecule has 0 aromatic carbocycles. The third-order valence-electron chi connectivity index (χ3n) is 4.55. The molecule has 1 unspecified atom stereocenters. The fraction of sp³-hybridized carbons (Fsp3) is 0.950. The van der Waals surface area contributed by atoms with Crippen molar-refractivity contribution in [3.63, 3.8) is 0 Å². The van der Waals surface area contributed by atoms with E-state index in [2.05, 4.69) is 19.2 Å². The van der Waals surface area contributed by atoms with Crippen LogP contribution in [-0.2, 0) is 4.79 Å². The summed E-state index contributed by atoms with van der Waals surface area (Å²) in [7, 11) is 0. The molecular formula is C20H40NO. The lowest BCUT2D eigenvalue weighted by atomic mass is 10.0. The van der Waals surface area contributed by atoms with E-state index in [9.17, 15) is 4.79 Å². The minimum absolute atomic E-state index is 0.291. The molecule has 1 radical (unpaired) electrons. The van der Waals surface area contributed by atoms with Crippen LogP contribution >= 0.6 is 0 Å². The maximum Gasteiger partial charge on any atom is 0.309 e. The van der Waals surface area contributed by atoms with Gasteiger partial charge in [-0.05, 0) is 13.3 Å². The summed E-state index contributed by atoms with van der Waals surface area (Å²) in [6, 6.07) is 0.291. The number of unbranched alkanes of at least 4 members (excludes halogenated alkanes) is 14. The summed E-state index contributed by atoms with van der Waals surface area (Å²) >= 11 is 0. The number of rotatable bonds is 18. The SMILES string of the molecule is CCCCCCCCCCCCCCCCCC(C)N[C]=O. The second-order valence-corrected chi connectivity index (χ2v) is 6.89. The molecule has 2 nitrogen and oxygen atoms in total. The second kappa shape index (κ2) is 18.5. The van der Waals surface area contributed by atoms with Crippen molar-refractivity contribution in [2.24, 2.45) is 0 Å². The molecular weight excluding hydrogens is 270 g/mol. The Morgan fingerprint density at radius 2 is 1.05 bits per heavy atom. The van der Waals surface area contributed by atoms with Gasteiger partial charge in [0.25, 0.3) is 0 Å². The highest BCUT2D eigenvalue weighted by Gasteiger charge is 1.99. The van der Waals surface area contributed by atoms with Crippen LogP contribution in [0.3, 0.4) is 0 Å². The van der Waals surface area contributed by atoms with Gasteiger partial charge in [0, 0.05) is 6.04 Å². The highest BCUT2D eigenvalue weighted by Crippen LogP contribution is 2.13. The van der Waals surface area contributed by atoms with Crippen LogP contribution in [0.1, 0.15) is 117 Å². The van der Waals surface area contributed by atoms with Gasteiger partial charge in [0.15, 0.2) is 0 Å². The van der Waals surface area contributed by atoms with E-state index in [0.717, 1.165) is 6.42 Å². The van der Waals surface area contributed by atoms with Crippen molar-refractivity contribution in [1.29, 1.82) is 0 Å². The van der Waals surface area contributed by atoms with Crippen molar-refractivity contribution < 1.29 is 4.79 Å². The van der Waals surface area contributed by atoms with E-state index in [-0.39, 0.29) is 0 Å². The largest absolute Gasteiger partial charge is 0.345 e. The van der Waals surface area contributed by atoms with E-state index >= 15 is 0 Å². The van der Waals surface area contributed by atoms with Crippen LogP contribution in [0.2, 0.25) is 0 Å². The predicted octanol–water partition coefficient (Wildman–Crippen LogP) is 6.29. The van der Waals surface area contributed by atoms with Crippen LogP contribution in [0.5, 0.6) is 0 Å². The molecule has 131 valence electrons. The van der Waals surface area contributed by atoms with Gasteiger partial charge in [-0.15, -0.1) is 0 Å². The Kier molecular flexibility index (Phi) is 18.1. The summed E-state index contributed by atoms with van der Waals surface area (Å²) in [6.45, 7) is 4.33. The molecule has 0 rings (SSSR count). The van der Waals surface area contributed by atoms with Gasteiger partial charge < -0.3 is 5.32 Å². The second-order valence-electron chi connectivity index (χ2n) is 6.89. The van der Waals surface area contributed by atoms with Crippen LogP contribution in [0, 0.1) is 0 Å². The van der Waals surface area contributed by atoms with E-state index < -0.39 is 0 Å². The third kappa shape index (κ3) is 17.5. The standard InChI is InChI=1S/C20H40NO/c1-3-4-5-6-7-8-9-10-11-12-13-14-15-16-17-18-20(2)21-19-22/h20H,3-18H2,1-2H3,(H,21,22).